The van der Waals surface area contributed by atoms with Crippen LogP contribution in [-0.2, 0) is 26.4 Å². The van der Waals surface area contributed by atoms with Gasteiger partial charge >= 0.3 is 12.1 Å². The zero-order chi connectivity index (χ0) is 37.0. The molecule has 13 nitrogen and oxygen atoms in total. The van der Waals surface area contributed by atoms with Gasteiger partial charge in [-0.05, 0) is 43.5 Å². The second-order valence-electron chi connectivity index (χ2n) is 13.2. The fourth-order valence-electron chi connectivity index (χ4n) is 7.02. The Labute approximate surface area is 303 Å². The van der Waals surface area contributed by atoms with Gasteiger partial charge in [0.2, 0.25) is 11.7 Å². The van der Waals surface area contributed by atoms with E-state index in [1.54, 1.807) is 0 Å². The number of nitrogens with one attached hydrogen (secondary N) is 2. The van der Waals surface area contributed by atoms with Crippen LogP contribution in [0.15, 0.2) is 77.6 Å². The largest absolute Gasteiger partial charge is 0.490 e. The summed E-state index contributed by atoms with van der Waals surface area (Å²) in [4.78, 5) is 28.9. The molecule has 0 unspecified atom stereocenters. The SMILES string of the molecule is CCc1cc([C@]2(n3cnc4c(NCC(c5ccccc5)c5ccccc5)nc(NCCN5CCCCC5)nc43)OC[C@H](O)[C@H]2OC(=O)C(F)(F)F)on1. The number of imidazole rings is 1. The summed E-state index contributed by atoms with van der Waals surface area (Å²) in [5.74, 6) is -2.13. The van der Waals surface area contributed by atoms with Gasteiger partial charge in [0.15, 0.2) is 28.8 Å². The molecular formula is C37H41F3N8O5. The van der Waals surface area contributed by atoms with Crippen LogP contribution in [-0.4, -0.2) is 98.4 Å². The average molecular weight is 735 g/mol. The number of aromatic nitrogens is 5. The van der Waals surface area contributed by atoms with Crippen LogP contribution < -0.4 is 10.6 Å². The Hall–Kier alpha value is -5.06. The first-order valence-electron chi connectivity index (χ1n) is 17.8. The number of hydrogen-bond donors (Lipinski definition) is 3. The van der Waals surface area contributed by atoms with Crippen molar-refractivity contribution in [3.05, 3.63) is 95.6 Å². The minimum atomic E-state index is -5.35. The van der Waals surface area contributed by atoms with E-state index in [0.717, 1.165) is 43.6 Å². The first kappa shape index (κ1) is 36.3. The quantitative estimate of drug-likeness (QED) is 0.138. The summed E-state index contributed by atoms with van der Waals surface area (Å²) in [5.41, 5.74) is 0.811. The number of ether oxygens (including phenoxy) is 2. The molecule has 53 heavy (non-hydrogen) atoms. The molecule has 2 aliphatic heterocycles. The van der Waals surface area contributed by atoms with E-state index in [-0.39, 0.29) is 28.8 Å². The Balaban J connectivity index is 1.32. The van der Waals surface area contributed by atoms with Crippen LogP contribution in [0, 0.1) is 0 Å². The normalized spacial score (nSPS) is 20.9. The first-order valence-corrected chi connectivity index (χ1v) is 17.8. The summed E-state index contributed by atoms with van der Waals surface area (Å²) < 4.78 is 58.9. The van der Waals surface area contributed by atoms with Gasteiger partial charge < -0.3 is 34.6 Å². The number of aliphatic hydroxyl groups excluding tert-OH is 1. The maximum absolute atomic E-state index is 13.6. The third kappa shape index (κ3) is 7.57. The molecule has 0 radical (unpaired) electrons. The molecule has 2 aromatic carbocycles. The molecule has 3 aromatic heterocycles. The van der Waals surface area contributed by atoms with Crippen LogP contribution >= 0.6 is 0 Å². The predicted octanol–water partition coefficient (Wildman–Crippen LogP) is 5.08. The number of halogens is 3. The summed E-state index contributed by atoms with van der Waals surface area (Å²) in [6, 6.07) is 21.5. The number of hydrogen-bond acceptors (Lipinski definition) is 12. The van der Waals surface area contributed by atoms with Gasteiger partial charge in [-0.2, -0.15) is 23.1 Å². The van der Waals surface area contributed by atoms with Crippen LogP contribution in [0.5, 0.6) is 0 Å². The molecule has 7 rings (SSSR count). The van der Waals surface area contributed by atoms with Crippen molar-refractivity contribution in [1.82, 2.24) is 29.6 Å². The van der Waals surface area contributed by atoms with Crippen LogP contribution in [0.2, 0.25) is 0 Å². The molecule has 0 amide bonds. The van der Waals surface area contributed by atoms with E-state index in [1.807, 2.05) is 67.6 Å². The van der Waals surface area contributed by atoms with Gasteiger partial charge in [-0.25, -0.2) is 9.78 Å². The number of alkyl halides is 3. The monoisotopic (exact) mass is 734 g/mol. The van der Waals surface area contributed by atoms with Gasteiger partial charge in [-0.15, -0.1) is 0 Å². The van der Waals surface area contributed by atoms with Crippen LogP contribution in [0.1, 0.15) is 54.7 Å². The molecule has 0 bridgehead atoms. The van der Waals surface area contributed by atoms with Crippen LogP contribution in [0.3, 0.4) is 0 Å². The molecule has 0 aliphatic carbocycles. The van der Waals surface area contributed by atoms with E-state index < -0.39 is 36.7 Å². The number of esters is 1. The Morgan fingerprint density at radius 2 is 1.74 bits per heavy atom. The van der Waals surface area contributed by atoms with E-state index in [0.29, 0.717) is 31.0 Å². The van der Waals surface area contributed by atoms with Crippen molar-refractivity contribution in [2.45, 2.75) is 62.6 Å². The summed E-state index contributed by atoms with van der Waals surface area (Å²) >= 11 is 0. The minimum absolute atomic E-state index is 0.0903. The molecule has 0 saturated carbocycles. The van der Waals surface area contributed by atoms with Crippen LogP contribution in [0.4, 0.5) is 24.9 Å². The van der Waals surface area contributed by atoms with Crippen LogP contribution in [0.25, 0.3) is 11.2 Å². The Morgan fingerprint density at radius 3 is 2.38 bits per heavy atom. The number of fused-ring (bicyclic) bond motifs is 1. The summed E-state index contributed by atoms with van der Waals surface area (Å²) in [7, 11) is 0. The number of nitrogens with zero attached hydrogens (tertiary/aromatic N) is 6. The Morgan fingerprint density at radius 1 is 1.04 bits per heavy atom. The molecule has 280 valence electrons. The van der Waals surface area contributed by atoms with Crippen molar-refractivity contribution in [3.63, 3.8) is 0 Å². The van der Waals surface area contributed by atoms with Gasteiger partial charge in [0.1, 0.15) is 12.4 Å². The van der Waals surface area contributed by atoms with Gasteiger partial charge in [0.25, 0.3) is 0 Å². The molecule has 2 saturated heterocycles. The van der Waals surface area contributed by atoms with E-state index in [1.165, 1.54) is 23.4 Å². The second-order valence-corrected chi connectivity index (χ2v) is 13.2. The lowest BCUT2D eigenvalue weighted by Crippen LogP contribution is -2.50. The molecule has 16 heteroatoms. The Kier molecular flexibility index (Phi) is 10.6. The topological polar surface area (TPSA) is 153 Å². The smallest absolute Gasteiger partial charge is 0.447 e. The van der Waals surface area contributed by atoms with Crippen molar-refractivity contribution in [2.75, 3.05) is 50.0 Å². The average Bonchev–Trinajstić information content (AvgIpc) is 3.91. The fraction of sp³-hybridized carbons (Fsp3) is 0.432. The highest BCUT2D eigenvalue weighted by Gasteiger charge is 2.60. The fourth-order valence-corrected chi connectivity index (χ4v) is 7.02. The third-order valence-electron chi connectivity index (χ3n) is 9.74. The molecule has 5 aromatic rings. The highest BCUT2D eigenvalue weighted by molar-refractivity contribution is 5.85. The second kappa shape index (κ2) is 15.5. The number of aliphatic hydroxyl groups is 1. The summed E-state index contributed by atoms with van der Waals surface area (Å²) in [5, 5.41) is 21.8. The number of rotatable bonds is 13. The molecule has 3 N–H and O–H groups in total. The lowest BCUT2D eigenvalue weighted by Gasteiger charge is -2.33. The molecule has 2 aliphatic rings. The van der Waals surface area contributed by atoms with E-state index in [4.69, 9.17) is 24.0 Å². The molecular weight excluding hydrogens is 693 g/mol. The van der Waals surface area contributed by atoms with Crippen molar-refractivity contribution in [3.8, 4) is 0 Å². The number of carbonyl (C=O) groups excluding carboxylic acids is 1. The number of anilines is 2. The molecule has 2 fully saturated rings. The van der Waals surface area contributed by atoms with Crippen molar-refractivity contribution in [1.29, 1.82) is 0 Å². The molecule has 5 heterocycles. The minimum Gasteiger partial charge on any atom is -0.447 e. The zero-order valence-electron chi connectivity index (χ0n) is 29.1. The molecule has 0 spiro atoms. The number of benzene rings is 2. The number of carbonyl (C=O) groups is 1. The van der Waals surface area contributed by atoms with Gasteiger partial charge in [-0.3, -0.25) is 4.57 Å². The van der Waals surface area contributed by atoms with E-state index in [2.05, 4.69) is 25.7 Å². The first-order chi connectivity index (χ1) is 25.7. The highest BCUT2D eigenvalue weighted by Crippen LogP contribution is 2.43. The van der Waals surface area contributed by atoms with Crippen molar-refractivity contribution >= 4 is 28.9 Å². The third-order valence-corrected chi connectivity index (χ3v) is 9.74. The maximum Gasteiger partial charge on any atom is 0.490 e. The molecule has 3 atom stereocenters. The standard InChI is InChI=1S/C37H41F3N8O5/c1-2-26-20-29(53-46-26)36(31(28(49)22-51-36)52-34(50)37(38,39)40)48-23-43-30-32(44-35(45-33(30)48)41-16-19-47-17-10-5-11-18-47)42-21-27(24-12-6-3-7-13-24)25-14-8-4-9-15-25/h3-4,6-9,12-15,20,23,27-28,31,49H,2,5,10-11,16-19,21-22H2,1H3,(H2,41,42,44,45)/t28-,31+,36-/m0/s1. The van der Waals surface area contributed by atoms with E-state index in [9.17, 15) is 23.1 Å². The number of piperidine rings is 1. The lowest BCUT2D eigenvalue weighted by molar-refractivity contribution is -0.218. The van der Waals surface area contributed by atoms with Crippen molar-refractivity contribution in [2.24, 2.45) is 0 Å². The van der Waals surface area contributed by atoms with Crippen molar-refractivity contribution < 1.29 is 37.1 Å². The lowest BCUT2D eigenvalue weighted by atomic mass is 9.91. The Bertz CT molecular complexity index is 1950. The maximum atomic E-state index is 13.6. The highest BCUT2D eigenvalue weighted by atomic mass is 19.4. The van der Waals surface area contributed by atoms with Gasteiger partial charge in [0.05, 0.1) is 12.3 Å². The number of likely N-dealkylation sites (tertiary alicyclic amines) is 1. The van der Waals surface area contributed by atoms with Gasteiger partial charge in [-0.1, -0.05) is 79.2 Å². The van der Waals surface area contributed by atoms with Gasteiger partial charge in [0, 0.05) is 31.6 Å². The summed E-state index contributed by atoms with van der Waals surface area (Å²) in [6.07, 6.45) is -3.75. The summed E-state index contributed by atoms with van der Waals surface area (Å²) in [6.45, 7) is 4.98. The predicted molar refractivity (Wildman–Crippen MR) is 188 cm³/mol. The van der Waals surface area contributed by atoms with E-state index >= 15 is 0 Å². The zero-order valence-corrected chi connectivity index (χ0v) is 29.1. The number of aryl methyl sites for hydroxylation is 1.